The van der Waals surface area contributed by atoms with Crippen molar-refractivity contribution in [1.29, 1.82) is 0 Å². The highest BCUT2D eigenvalue weighted by Crippen LogP contribution is 2.16. The Labute approximate surface area is 113 Å². The van der Waals surface area contributed by atoms with Crippen molar-refractivity contribution < 1.29 is 19.1 Å². The van der Waals surface area contributed by atoms with Crippen LogP contribution in [0.25, 0.3) is 0 Å². The fraction of sp³-hybridized carbons (Fsp3) is 0.643. The number of hydrogen-bond acceptors (Lipinski definition) is 4. The summed E-state index contributed by atoms with van der Waals surface area (Å²) in [5, 5.41) is 0. The number of ether oxygens (including phenoxy) is 1. The van der Waals surface area contributed by atoms with Crippen LogP contribution in [0.15, 0.2) is 12.2 Å². The fourth-order valence-electron chi connectivity index (χ4n) is 1.65. The number of nitrogens with zero attached hydrogens (tertiary/aromatic N) is 1. The molecule has 0 aromatic carbocycles. The molecule has 2 amide bonds. The summed E-state index contributed by atoms with van der Waals surface area (Å²) >= 11 is 0. The van der Waals surface area contributed by atoms with E-state index >= 15 is 0 Å². The molecule has 0 saturated heterocycles. The molecule has 0 N–H and O–H groups in total. The smallest absolute Gasteiger partial charge is 0.305 e. The van der Waals surface area contributed by atoms with E-state index in [4.69, 9.17) is 4.74 Å². The molecule has 106 valence electrons. The van der Waals surface area contributed by atoms with Gasteiger partial charge in [0, 0.05) is 18.6 Å². The average molecular weight is 267 g/mol. The van der Waals surface area contributed by atoms with Crippen LogP contribution in [0, 0.1) is 11.8 Å². The van der Waals surface area contributed by atoms with Crippen molar-refractivity contribution in [2.75, 3.05) is 13.2 Å². The number of carbonyl (C=O) groups excluding carboxylic acids is 3. The lowest BCUT2D eigenvalue weighted by atomic mass is 9.93. The number of rotatable bonds is 7. The van der Waals surface area contributed by atoms with Crippen LogP contribution in [0.2, 0.25) is 0 Å². The van der Waals surface area contributed by atoms with Crippen LogP contribution in [0.5, 0.6) is 0 Å². The molecule has 1 atom stereocenters. The van der Waals surface area contributed by atoms with Gasteiger partial charge in [-0.25, -0.2) is 0 Å². The molecular formula is C14H21NO4. The van der Waals surface area contributed by atoms with Crippen molar-refractivity contribution in [2.24, 2.45) is 11.8 Å². The van der Waals surface area contributed by atoms with Crippen LogP contribution in [-0.4, -0.2) is 35.8 Å². The summed E-state index contributed by atoms with van der Waals surface area (Å²) in [6, 6.07) is 0. The summed E-state index contributed by atoms with van der Waals surface area (Å²) in [6.07, 6.45) is 3.60. The van der Waals surface area contributed by atoms with Crippen LogP contribution in [0.4, 0.5) is 0 Å². The highest BCUT2D eigenvalue weighted by atomic mass is 16.5. The van der Waals surface area contributed by atoms with Gasteiger partial charge >= 0.3 is 5.97 Å². The van der Waals surface area contributed by atoms with Crippen LogP contribution in [-0.2, 0) is 19.1 Å². The second-order valence-electron chi connectivity index (χ2n) is 5.14. The van der Waals surface area contributed by atoms with Gasteiger partial charge in [-0.15, -0.1) is 0 Å². The zero-order chi connectivity index (χ0) is 14.4. The molecule has 5 nitrogen and oxygen atoms in total. The molecule has 1 rings (SSSR count). The predicted octanol–water partition coefficient (Wildman–Crippen LogP) is 1.53. The van der Waals surface area contributed by atoms with E-state index in [1.54, 1.807) is 0 Å². The van der Waals surface area contributed by atoms with Crippen molar-refractivity contribution in [3.63, 3.8) is 0 Å². The van der Waals surface area contributed by atoms with E-state index in [-0.39, 0.29) is 30.9 Å². The van der Waals surface area contributed by atoms with Crippen LogP contribution >= 0.6 is 0 Å². The molecule has 1 aliphatic rings. The standard InChI is InChI=1S/C14H21NO4/c1-10(2)11(3)4-7-14(18)19-9-8-15-12(16)5-6-13(15)17/h5-6,10-11H,4,7-9H2,1-3H3. The van der Waals surface area contributed by atoms with Gasteiger partial charge in [0.1, 0.15) is 6.61 Å². The first-order chi connectivity index (χ1) is 8.91. The second-order valence-corrected chi connectivity index (χ2v) is 5.14. The Morgan fingerprint density at radius 1 is 1.21 bits per heavy atom. The third-order valence-corrected chi connectivity index (χ3v) is 3.42. The zero-order valence-electron chi connectivity index (χ0n) is 11.7. The molecule has 5 heteroatoms. The third kappa shape index (κ3) is 4.85. The molecule has 1 unspecified atom stereocenters. The van der Waals surface area contributed by atoms with Gasteiger partial charge in [0.25, 0.3) is 11.8 Å². The number of carbonyl (C=O) groups is 3. The van der Waals surface area contributed by atoms with Crippen molar-refractivity contribution in [1.82, 2.24) is 4.90 Å². The number of hydrogen-bond donors (Lipinski definition) is 0. The Kier molecular flexibility index (Phi) is 5.73. The maximum Gasteiger partial charge on any atom is 0.305 e. The largest absolute Gasteiger partial charge is 0.464 e. The van der Waals surface area contributed by atoms with Gasteiger partial charge in [-0.1, -0.05) is 20.8 Å². The molecule has 1 heterocycles. The minimum Gasteiger partial charge on any atom is -0.464 e. The Morgan fingerprint density at radius 2 is 1.79 bits per heavy atom. The second kappa shape index (κ2) is 7.07. The van der Waals surface area contributed by atoms with Gasteiger partial charge in [0.2, 0.25) is 0 Å². The van der Waals surface area contributed by atoms with E-state index in [1.165, 1.54) is 12.2 Å². The monoisotopic (exact) mass is 267 g/mol. The Bertz CT molecular complexity index is 369. The molecule has 0 spiro atoms. The van der Waals surface area contributed by atoms with Gasteiger partial charge in [0.15, 0.2) is 0 Å². The van der Waals surface area contributed by atoms with Gasteiger partial charge in [0.05, 0.1) is 6.54 Å². The predicted molar refractivity (Wildman–Crippen MR) is 70.1 cm³/mol. The molecule has 0 fully saturated rings. The summed E-state index contributed by atoms with van der Waals surface area (Å²) in [5.41, 5.74) is 0. The summed E-state index contributed by atoms with van der Waals surface area (Å²) in [4.78, 5) is 35.0. The number of imide groups is 1. The number of amides is 2. The molecule has 0 aromatic heterocycles. The van der Waals surface area contributed by atoms with Crippen LogP contribution in [0.3, 0.4) is 0 Å². The first-order valence-electron chi connectivity index (χ1n) is 6.61. The highest BCUT2D eigenvalue weighted by molar-refractivity contribution is 6.12. The molecule has 0 saturated carbocycles. The first kappa shape index (κ1) is 15.4. The highest BCUT2D eigenvalue weighted by Gasteiger charge is 2.23. The average Bonchev–Trinajstić information content (AvgIpc) is 2.67. The summed E-state index contributed by atoms with van der Waals surface area (Å²) in [7, 11) is 0. The minimum absolute atomic E-state index is 0.0635. The Balaban J connectivity index is 2.17. The SMILES string of the molecule is CC(C)C(C)CCC(=O)OCCN1C(=O)C=CC1=O. The molecule has 0 aliphatic carbocycles. The van der Waals surface area contributed by atoms with E-state index in [0.29, 0.717) is 18.3 Å². The van der Waals surface area contributed by atoms with Gasteiger partial charge in [-0.05, 0) is 18.3 Å². The van der Waals surface area contributed by atoms with E-state index in [0.717, 1.165) is 11.3 Å². The third-order valence-electron chi connectivity index (χ3n) is 3.42. The molecule has 0 bridgehead atoms. The maximum absolute atomic E-state index is 11.5. The minimum atomic E-state index is -0.352. The number of esters is 1. The van der Waals surface area contributed by atoms with Crippen LogP contribution in [0.1, 0.15) is 33.6 Å². The molecule has 0 aromatic rings. The lowest BCUT2D eigenvalue weighted by molar-refractivity contribution is -0.147. The summed E-state index contributed by atoms with van der Waals surface area (Å²) in [6.45, 7) is 6.52. The molecule has 0 radical (unpaired) electrons. The summed E-state index contributed by atoms with van der Waals surface area (Å²) in [5.74, 6) is 0.0284. The van der Waals surface area contributed by atoms with E-state index < -0.39 is 0 Å². The van der Waals surface area contributed by atoms with E-state index in [9.17, 15) is 14.4 Å². The lowest BCUT2D eigenvalue weighted by Crippen LogP contribution is -2.33. The van der Waals surface area contributed by atoms with Gasteiger partial charge in [-0.3, -0.25) is 19.3 Å². The molecular weight excluding hydrogens is 246 g/mol. The normalized spacial score (nSPS) is 16.3. The quantitative estimate of drug-likeness (QED) is 0.518. The molecule has 19 heavy (non-hydrogen) atoms. The van der Waals surface area contributed by atoms with Crippen LogP contribution < -0.4 is 0 Å². The van der Waals surface area contributed by atoms with Gasteiger partial charge < -0.3 is 4.74 Å². The fourth-order valence-corrected chi connectivity index (χ4v) is 1.65. The first-order valence-corrected chi connectivity index (χ1v) is 6.61. The van der Waals surface area contributed by atoms with Crippen molar-refractivity contribution in [2.45, 2.75) is 33.6 Å². The maximum atomic E-state index is 11.5. The van der Waals surface area contributed by atoms with Crippen molar-refractivity contribution in [3.8, 4) is 0 Å². The van der Waals surface area contributed by atoms with Gasteiger partial charge in [-0.2, -0.15) is 0 Å². The van der Waals surface area contributed by atoms with E-state index in [2.05, 4.69) is 20.8 Å². The zero-order valence-corrected chi connectivity index (χ0v) is 11.7. The summed E-state index contributed by atoms with van der Waals surface area (Å²) < 4.78 is 5.02. The molecule has 1 aliphatic heterocycles. The van der Waals surface area contributed by atoms with E-state index in [1.807, 2.05) is 0 Å². The van der Waals surface area contributed by atoms with Crippen molar-refractivity contribution in [3.05, 3.63) is 12.2 Å². The van der Waals surface area contributed by atoms with Crippen molar-refractivity contribution >= 4 is 17.8 Å². The lowest BCUT2D eigenvalue weighted by Gasteiger charge is -2.15. The topological polar surface area (TPSA) is 63.7 Å². The Morgan fingerprint density at radius 3 is 2.32 bits per heavy atom. The Hall–Kier alpha value is -1.65.